The normalized spacial score (nSPS) is 9.80. The summed E-state index contributed by atoms with van der Waals surface area (Å²) in [7, 11) is 4.50. The summed E-state index contributed by atoms with van der Waals surface area (Å²) >= 11 is 0. The number of ether oxygens (including phenoxy) is 3. The third-order valence-corrected chi connectivity index (χ3v) is 1.98. The van der Waals surface area contributed by atoms with Crippen molar-refractivity contribution in [3.63, 3.8) is 0 Å². The molecular weight excluding hydrogens is 196 g/mol. The van der Waals surface area contributed by atoms with E-state index in [1.165, 1.54) is 21.3 Å². The Morgan fingerprint density at radius 1 is 1.13 bits per heavy atom. The van der Waals surface area contributed by atoms with Crippen LogP contribution in [0.5, 0.6) is 11.5 Å². The predicted molar refractivity (Wildman–Crippen MR) is 55.8 cm³/mol. The van der Waals surface area contributed by atoms with Crippen LogP contribution in [0.15, 0.2) is 18.2 Å². The van der Waals surface area contributed by atoms with E-state index in [-0.39, 0.29) is 12.4 Å². The Hall–Kier alpha value is -1.55. The van der Waals surface area contributed by atoms with Crippen LogP contribution in [-0.2, 0) is 4.74 Å². The molecule has 1 rings (SSSR count). The van der Waals surface area contributed by atoms with Crippen LogP contribution in [-0.4, -0.2) is 33.7 Å². The van der Waals surface area contributed by atoms with Crippen molar-refractivity contribution >= 4 is 5.78 Å². The van der Waals surface area contributed by atoms with Gasteiger partial charge in [0.25, 0.3) is 0 Å². The highest BCUT2D eigenvalue weighted by molar-refractivity contribution is 6.02. The highest BCUT2D eigenvalue weighted by Gasteiger charge is 2.17. The molecule has 0 aliphatic rings. The van der Waals surface area contributed by atoms with Gasteiger partial charge in [-0.25, -0.2) is 0 Å². The van der Waals surface area contributed by atoms with E-state index in [2.05, 4.69) is 0 Å². The molecule has 0 saturated carbocycles. The minimum Gasteiger partial charge on any atom is -0.496 e. The molecule has 4 heteroatoms. The van der Waals surface area contributed by atoms with Crippen molar-refractivity contribution < 1.29 is 19.0 Å². The third kappa shape index (κ3) is 2.47. The van der Waals surface area contributed by atoms with Crippen molar-refractivity contribution in [2.75, 3.05) is 27.9 Å². The van der Waals surface area contributed by atoms with Gasteiger partial charge in [0.05, 0.1) is 14.2 Å². The number of hydrogen-bond donors (Lipinski definition) is 0. The number of Topliss-reactive ketones (excluding diaryl/α,β-unsaturated/α-hetero) is 1. The topological polar surface area (TPSA) is 44.8 Å². The summed E-state index contributed by atoms with van der Waals surface area (Å²) in [4.78, 5) is 11.7. The smallest absolute Gasteiger partial charge is 0.195 e. The lowest BCUT2D eigenvalue weighted by Gasteiger charge is -2.11. The minimum absolute atomic E-state index is 0.0106. The Morgan fingerprint density at radius 3 is 2.07 bits per heavy atom. The van der Waals surface area contributed by atoms with Crippen LogP contribution >= 0.6 is 0 Å². The highest BCUT2D eigenvalue weighted by atomic mass is 16.5. The van der Waals surface area contributed by atoms with Gasteiger partial charge in [-0.15, -0.1) is 0 Å². The number of methoxy groups -OCH3 is 3. The lowest BCUT2D eigenvalue weighted by molar-refractivity contribution is 0.0842. The zero-order valence-electron chi connectivity index (χ0n) is 9.07. The second-order valence-corrected chi connectivity index (χ2v) is 2.89. The molecule has 0 amide bonds. The van der Waals surface area contributed by atoms with Crippen LogP contribution in [0.1, 0.15) is 10.4 Å². The summed E-state index contributed by atoms with van der Waals surface area (Å²) in [6, 6.07) is 5.19. The van der Waals surface area contributed by atoms with Crippen molar-refractivity contribution in [2.45, 2.75) is 0 Å². The number of benzene rings is 1. The van der Waals surface area contributed by atoms with Crippen LogP contribution < -0.4 is 9.47 Å². The number of hydrogen-bond acceptors (Lipinski definition) is 4. The largest absolute Gasteiger partial charge is 0.496 e. The first-order chi connectivity index (χ1) is 7.24. The molecule has 0 fully saturated rings. The maximum absolute atomic E-state index is 11.7. The maximum Gasteiger partial charge on any atom is 0.195 e. The lowest BCUT2D eigenvalue weighted by Crippen LogP contribution is -2.10. The SMILES string of the molecule is COCC(=O)c1c(OC)cccc1OC. The molecule has 0 aliphatic heterocycles. The fraction of sp³-hybridized carbons (Fsp3) is 0.364. The second-order valence-electron chi connectivity index (χ2n) is 2.89. The second kappa shape index (κ2) is 5.36. The molecule has 0 N–H and O–H groups in total. The summed E-state index contributed by atoms with van der Waals surface area (Å²) < 4.78 is 15.0. The van der Waals surface area contributed by atoms with Crippen molar-refractivity contribution in [3.8, 4) is 11.5 Å². The highest BCUT2D eigenvalue weighted by Crippen LogP contribution is 2.28. The summed E-state index contributed by atoms with van der Waals surface area (Å²) in [5.74, 6) is 0.833. The van der Waals surface area contributed by atoms with Crippen molar-refractivity contribution in [1.29, 1.82) is 0 Å². The van der Waals surface area contributed by atoms with E-state index in [1.807, 2.05) is 0 Å². The number of ketones is 1. The maximum atomic E-state index is 11.7. The first-order valence-corrected chi connectivity index (χ1v) is 4.47. The van der Waals surface area contributed by atoms with Crippen LogP contribution in [0.25, 0.3) is 0 Å². The molecule has 0 unspecified atom stereocenters. The molecule has 1 aromatic rings. The Bertz CT molecular complexity index is 324. The van der Waals surface area contributed by atoms with Crippen LogP contribution in [0, 0.1) is 0 Å². The van der Waals surface area contributed by atoms with Gasteiger partial charge in [-0.05, 0) is 12.1 Å². The molecule has 0 aliphatic carbocycles. The van der Waals surface area contributed by atoms with E-state index < -0.39 is 0 Å². The average molecular weight is 210 g/mol. The summed E-state index contributed by atoms with van der Waals surface area (Å²) in [6.45, 7) is 0.0106. The summed E-state index contributed by atoms with van der Waals surface area (Å²) in [6.07, 6.45) is 0. The van der Waals surface area contributed by atoms with Gasteiger partial charge in [0.2, 0.25) is 0 Å². The first kappa shape index (κ1) is 11.5. The molecule has 0 bridgehead atoms. The van der Waals surface area contributed by atoms with Gasteiger partial charge in [0.15, 0.2) is 5.78 Å². The van der Waals surface area contributed by atoms with E-state index in [0.29, 0.717) is 17.1 Å². The Balaban J connectivity index is 3.15. The van der Waals surface area contributed by atoms with Gasteiger partial charge >= 0.3 is 0 Å². The molecular formula is C11H14O4. The first-order valence-electron chi connectivity index (χ1n) is 4.47. The van der Waals surface area contributed by atoms with Crippen LogP contribution in [0.3, 0.4) is 0 Å². The summed E-state index contributed by atoms with van der Waals surface area (Å²) in [5.41, 5.74) is 0.421. The quantitative estimate of drug-likeness (QED) is 0.691. The Kier molecular flexibility index (Phi) is 4.12. The molecule has 1 aromatic carbocycles. The van der Waals surface area contributed by atoms with Gasteiger partial charge in [0.1, 0.15) is 23.7 Å². The van der Waals surface area contributed by atoms with Gasteiger partial charge in [-0.2, -0.15) is 0 Å². The molecule has 0 spiro atoms. The Labute approximate surface area is 88.8 Å². The van der Waals surface area contributed by atoms with E-state index in [9.17, 15) is 4.79 Å². The van der Waals surface area contributed by atoms with E-state index >= 15 is 0 Å². The van der Waals surface area contributed by atoms with E-state index in [4.69, 9.17) is 14.2 Å². The van der Waals surface area contributed by atoms with Crippen molar-refractivity contribution in [3.05, 3.63) is 23.8 Å². The molecule has 4 nitrogen and oxygen atoms in total. The Morgan fingerprint density at radius 2 is 1.67 bits per heavy atom. The van der Waals surface area contributed by atoms with Gasteiger partial charge in [0, 0.05) is 7.11 Å². The van der Waals surface area contributed by atoms with Gasteiger partial charge in [-0.3, -0.25) is 4.79 Å². The van der Waals surface area contributed by atoms with Gasteiger partial charge < -0.3 is 14.2 Å². The standard InChI is InChI=1S/C11H14O4/c1-13-7-8(12)11-9(14-2)5-4-6-10(11)15-3/h4-6H,7H2,1-3H3. The molecule has 0 heterocycles. The predicted octanol–water partition coefficient (Wildman–Crippen LogP) is 1.53. The fourth-order valence-corrected chi connectivity index (χ4v) is 1.33. The van der Waals surface area contributed by atoms with Crippen LogP contribution in [0.4, 0.5) is 0 Å². The van der Waals surface area contributed by atoms with Crippen molar-refractivity contribution in [1.82, 2.24) is 0 Å². The number of rotatable bonds is 5. The molecule has 0 radical (unpaired) electrons. The number of carbonyl (C=O) groups is 1. The molecule has 0 saturated heterocycles. The third-order valence-electron chi connectivity index (χ3n) is 1.98. The average Bonchev–Trinajstić information content (AvgIpc) is 2.28. The van der Waals surface area contributed by atoms with Gasteiger partial charge in [-0.1, -0.05) is 6.07 Å². The molecule has 0 atom stereocenters. The van der Waals surface area contributed by atoms with E-state index in [1.54, 1.807) is 18.2 Å². The zero-order valence-corrected chi connectivity index (χ0v) is 9.07. The molecule has 15 heavy (non-hydrogen) atoms. The lowest BCUT2D eigenvalue weighted by atomic mass is 10.1. The monoisotopic (exact) mass is 210 g/mol. The fourth-order valence-electron chi connectivity index (χ4n) is 1.33. The summed E-state index contributed by atoms with van der Waals surface area (Å²) in [5, 5.41) is 0. The minimum atomic E-state index is -0.160. The van der Waals surface area contributed by atoms with Crippen molar-refractivity contribution in [2.24, 2.45) is 0 Å². The molecule has 0 aromatic heterocycles. The number of carbonyl (C=O) groups excluding carboxylic acids is 1. The zero-order chi connectivity index (χ0) is 11.3. The van der Waals surface area contributed by atoms with Crippen LogP contribution in [0.2, 0.25) is 0 Å². The van der Waals surface area contributed by atoms with E-state index in [0.717, 1.165) is 0 Å². The molecule has 82 valence electrons.